The molecule has 0 bridgehead atoms. The van der Waals surface area contributed by atoms with E-state index in [1.54, 1.807) is 19.1 Å². The van der Waals surface area contributed by atoms with Crippen LogP contribution in [0, 0.1) is 11.8 Å². The van der Waals surface area contributed by atoms with Gasteiger partial charge in [-0.25, -0.2) is 13.8 Å². The molecular weight excluding hydrogens is 632 g/mol. The number of hydrogen-bond donors (Lipinski definition) is 2. The Morgan fingerprint density at radius 3 is 2.36 bits per heavy atom. The Kier molecular flexibility index (Phi) is 12.2. The van der Waals surface area contributed by atoms with E-state index in [4.69, 9.17) is 9.72 Å². The van der Waals surface area contributed by atoms with E-state index in [1.807, 2.05) is 31.4 Å². The Balaban J connectivity index is 1.99. The number of ether oxygens (including phenoxy) is 1. The first-order valence-electron chi connectivity index (χ1n) is 15.6. The molecule has 0 saturated heterocycles. The topological polar surface area (TPSA) is 91.2 Å². The van der Waals surface area contributed by atoms with Crippen molar-refractivity contribution < 1.29 is 36.0 Å². The van der Waals surface area contributed by atoms with E-state index in [9.17, 15) is 31.3 Å². The van der Waals surface area contributed by atoms with Crippen molar-refractivity contribution in [3.8, 4) is 0 Å². The fraction of sp³-hybridized carbons (Fsp3) is 0.742. The monoisotopic (exact) mass is 680 g/mol. The second kappa shape index (κ2) is 14.6. The molecular formula is C31H49F5N4O3SSi. The molecule has 1 amide bonds. The van der Waals surface area contributed by atoms with Gasteiger partial charge in [-0.3, -0.25) is 4.79 Å². The highest BCUT2D eigenvalue weighted by molar-refractivity contribution is 7.90. The quantitative estimate of drug-likeness (QED) is 0.0968. The molecule has 3 rings (SSSR count). The van der Waals surface area contributed by atoms with Crippen LogP contribution in [0.5, 0.6) is 0 Å². The summed E-state index contributed by atoms with van der Waals surface area (Å²) in [6.45, 7) is 15.6. The number of carbonyl (C=O) groups excluding carboxylic acids is 1. The van der Waals surface area contributed by atoms with Gasteiger partial charge < -0.3 is 19.2 Å². The van der Waals surface area contributed by atoms with E-state index in [1.165, 1.54) is 0 Å². The van der Waals surface area contributed by atoms with Crippen LogP contribution >= 0.6 is 0 Å². The maximum Gasteiger partial charge on any atom is 0.392 e. The Labute approximate surface area is 267 Å². The molecule has 256 valence electrons. The number of nitrogens with zero attached hydrogens (tertiary/aromatic N) is 2. The van der Waals surface area contributed by atoms with Crippen LogP contribution in [0.25, 0.3) is 11.0 Å². The maximum absolute atomic E-state index is 14.2. The van der Waals surface area contributed by atoms with Gasteiger partial charge in [0.2, 0.25) is 11.8 Å². The van der Waals surface area contributed by atoms with Crippen LogP contribution in [0.1, 0.15) is 90.2 Å². The van der Waals surface area contributed by atoms with Gasteiger partial charge in [0.1, 0.15) is 23.3 Å². The number of nitrogens with one attached hydrogen (secondary N) is 2. The molecule has 7 nitrogen and oxygen atoms in total. The normalized spacial score (nSPS) is 19.3. The zero-order chi connectivity index (χ0) is 34.0. The van der Waals surface area contributed by atoms with Crippen molar-refractivity contribution in [3.63, 3.8) is 0 Å². The number of benzene rings is 1. The molecule has 1 aromatic carbocycles. The lowest BCUT2D eigenvalue weighted by Gasteiger charge is -2.35. The van der Waals surface area contributed by atoms with Crippen molar-refractivity contribution in [3.05, 3.63) is 29.6 Å². The molecule has 4 atom stereocenters. The lowest BCUT2D eigenvalue weighted by molar-refractivity contribution is -0.174. The zero-order valence-electron chi connectivity index (χ0n) is 27.6. The summed E-state index contributed by atoms with van der Waals surface area (Å²) in [6.07, 6.45) is -5.21. The minimum absolute atomic E-state index is 0.153. The lowest BCUT2D eigenvalue weighted by Crippen LogP contribution is -2.45. The van der Waals surface area contributed by atoms with Crippen LogP contribution in [0.4, 0.5) is 22.0 Å². The van der Waals surface area contributed by atoms with Crippen molar-refractivity contribution in [2.45, 2.75) is 128 Å². The third kappa shape index (κ3) is 10.9. The van der Waals surface area contributed by atoms with Crippen molar-refractivity contribution >= 4 is 36.4 Å². The summed E-state index contributed by atoms with van der Waals surface area (Å²) in [5.41, 5.74) is 1.91. The number of imidazole rings is 1. The van der Waals surface area contributed by atoms with Crippen LogP contribution in [0.3, 0.4) is 0 Å². The Bertz CT molecular complexity index is 1280. The average molecular weight is 681 g/mol. The standard InChI is InChI=1S/C31H49F5N4O3SSi/c1-20(31(34,35)36)17-26(41)37-21(2)23-9-10-25-24(18-23)38-28(40(25)19-43-15-16-45(6,7)8)27(39-44(42)29(3,4)5)22-11-13-30(32,33)14-12-22/h9-10,18,20-22,27,39H,11-17,19H2,1-8H3,(H,37,41)/t20?,21-,27+,44-/m1/s1. The molecule has 1 aromatic heterocycles. The number of aromatic nitrogens is 2. The van der Waals surface area contributed by atoms with Gasteiger partial charge in [0.25, 0.3) is 0 Å². The van der Waals surface area contributed by atoms with E-state index in [0.717, 1.165) is 13.0 Å². The van der Waals surface area contributed by atoms with Crippen LogP contribution in [-0.4, -0.2) is 51.5 Å². The number of hydrogen-bond acceptors (Lipinski definition) is 5. The minimum Gasteiger partial charge on any atom is -0.598 e. The molecule has 0 radical (unpaired) electrons. The Morgan fingerprint density at radius 2 is 1.80 bits per heavy atom. The molecule has 1 saturated carbocycles. The van der Waals surface area contributed by atoms with Gasteiger partial charge >= 0.3 is 6.18 Å². The van der Waals surface area contributed by atoms with E-state index in [-0.39, 0.29) is 38.3 Å². The molecule has 1 unspecified atom stereocenters. The van der Waals surface area contributed by atoms with Gasteiger partial charge in [-0.15, -0.1) is 4.72 Å². The van der Waals surface area contributed by atoms with Gasteiger partial charge in [-0.05, 0) is 70.2 Å². The molecule has 45 heavy (non-hydrogen) atoms. The molecule has 1 aliphatic rings. The molecule has 14 heteroatoms. The number of fused-ring (bicyclic) bond motifs is 1. The summed E-state index contributed by atoms with van der Waals surface area (Å²) in [7, 11) is -1.38. The highest BCUT2D eigenvalue weighted by Crippen LogP contribution is 2.42. The fourth-order valence-corrected chi connectivity index (χ4v) is 6.81. The fourth-order valence-electron chi connectivity index (χ4n) is 5.17. The Morgan fingerprint density at radius 1 is 1.18 bits per heavy atom. The van der Waals surface area contributed by atoms with Crippen molar-refractivity contribution in [1.29, 1.82) is 0 Å². The molecule has 1 heterocycles. The Hall–Kier alpha value is -1.74. The second-order valence-electron chi connectivity index (χ2n) is 14.6. The third-order valence-electron chi connectivity index (χ3n) is 8.25. The van der Waals surface area contributed by atoms with Crippen LogP contribution in [0.2, 0.25) is 25.7 Å². The first kappa shape index (κ1) is 37.7. The molecule has 1 fully saturated rings. The van der Waals surface area contributed by atoms with Gasteiger partial charge in [-0.2, -0.15) is 13.2 Å². The van der Waals surface area contributed by atoms with Crippen LogP contribution in [0.15, 0.2) is 18.2 Å². The number of halogens is 5. The summed E-state index contributed by atoms with van der Waals surface area (Å²) >= 11 is -1.52. The summed E-state index contributed by atoms with van der Waals surface area (Å²) in [5.74, 6) is -4.94. The summed E-state index contributed by atoms with van der Waals surface area (Å²) < 4.78 is 91.3. The third-order valence-corrected chi connectivity index (χ3v) is 11.5. The highest BCUT2D eigenvalue weighted by atomic mass is 32.2. The lowest BCUT2D eigenvalue weighted by atomic mass is 9.82. The van der Waals surface area contributed by atoms with Crippen LogP contribution < -0.4 is 10.0 Å². The van der Waals surface area contributed by atoms with Crippen LogP contribution in [-0.2, 0) is 27.6 Å². The predicted octanol–water partition coefficient (Wildman–Crippen LogP) is 8.03. The molecule has 0 aliphatic heterocycles. The first-order valence-corrected chi connectivity index (χ1v) is 20.4. The average Bonchev–Trinajstić information content (AvgIpc) is 3.25. The summed E-state index contributed by atoms with van der Waals surface area (Å²) in [4.78, 5) is 17.3. The summed E-state index contributed by atoms with van der Waals surface area (Å²) in [6, 6.07) is 5.11. The maximum atomic E-state index is 14.2. The van der Waals surface area contributed by atoms with E-state index < -0.39 is 66.6 Å². The number of carbonyl (C=O) groups is 1. The number of alkyl halides is 5. The van der Waals surface area contributed by atoms with Crippen molar-refractivity contribution in [2.24, 2.45) is 11.8 Å². The van der Waals surface area contributed by atoms with Crippen molar-refractivity contribution in [1.82, 2.24) is 19.6 Å². The minimum atomic E-state index is -4.46. The van der Waals surface area contributed by atoms with E-state index in [2.05, 4.69) is 29.7 Å². The van der Waals surface area contributed by atoms with Crippen molar-refractivity contribution in [2.75, 3.05) is 6.61 Å². The molecule has 2 N–H and O–H groups in total. The number of amides is 1. The van der Waals surface area contributed by atoms with Gasteiger partial charge in [-0.1, -0.05) is 32.6 Å². The SMILES string of the molecule is CC(CC(=O)N[C@H](C)c1ccc2c(c1)nc([C@@H](N[S@+]([O-])C(C)(C)C)C1CCC(F)(F)CC1)n2COCC[Si](C)(C)C)C(F)(F)F. The first-order chi connectivity index (χ1) is 20.6. The molecule has 0 spiro atoms. The highest BCUT2D eigenvalue weighted by Gasteiger charge is 2.42. The largest absolute Gasteiger partial charge is 0.598 e. The predicted molar refractivity (Wildman–Crippen MR) is 171 cm³/mol. The van der Waals surface area contributed by atoms with E-state index in [0.29, 0.717) is 29.0 Å². The molecule has 1 aliphatic carbocycles. The zero-order valence-corrected chi connectivity index (χ0v) is 29.4. The number of rotatable bonds is 13. The second-order valence-corrected chi connectivity index (χ2v) is 22.2. The van der Waals surface area contributed by atoms with E-state index >= 15 is 0 Å². The summed E-state index contributed by atoms with van der Waals surface area (Å²) in [5, 5.41) is 2.65. The molecule has 2 aromatic rings. The smallest absolute Gasteiger partial charge is 0.392 e. The van der Waals surface area contributed by atoms with Gasteiger partial charge in [0.05, 0.1) is 23.0 Å². The van der Waals surface area contributed by atoms with Gasteiger partial charge in [0, 0.05) is 45.3 Å². The van der Waals surface area contributed by atoms with Gasteiger partial charge in [0.15, 0.2) is 0 Å².